The van der Waals surface area contributed by atoms with Gasteiger partial charge in [-0.3, -0.25) is 4.79 Å². The number of ether oxygens (including phenoxy) is 1. The number of ketones is 1. The van der Waals surface area contributed by atoms with E-state index in [0.29, 0.717) is 29.1 Å². The molecular weight excluding hydrogens is 452 g/mol. The summed E-state index contributed by atoms with van der Waals surface area (Å²) in [6.45, 7) is 7.68. The molecule has 4 aliphatic rings. The zero-order valence-corrected chi connectivity index (χ0v) is 23.0. The topological polar surface area (TPSA) is 26.3 Å². The maximum absolute atomic E-state index is 13.5. The van der Waals surface area contributed by atoms with E-state index in [1.807, 2.05) is 6.92 Å². The average Bonchev–Trinajstić information content (AvgIpc) is 3.21. The van der Waals surface area contributed by atoms with Crippen LogP contribution in [-0.2, 0) is 22.6 Å². The SMILES string of the molecule is CC(=O)C1(Cc2ccccc2)CCC2C3CC=C4C[C@@H](OCc5ccccc5)CC[C@]4(C)C3CC[C@@]21C. The number of carbonyl (C=O) groups is 1. The Morgan fingerprint density at radius 1 is 0.865 bits per heavy atom. The van der Waals surface area contributed by atoms with Gasteiger partial charge in [-0.25, -0.2) is 0 Å². The van der Waals surface area contributed by atoms with Gasteiger partial charge in [0.05, 0.1) is 12.7 Å². The molecule has 4 unspecified atom stereocenters. The Kier molecular flexibility index (Phi) is 6.46. The first-order chi connectivity index (χ1) is 17.9. The summed E-state index contributed by atoms with van der Waals surface area (Å²) in [5.41, 5.74) is 4.46. The largest absolute Gasteiger partial charge is 0.373 e. The zero-order valence-electron chi connectivity index (χ0n) is 23.0. The van der Waals surface area contributed by atoms with Crippen LogP contribution in [0.5, 0.6) is 0 Å². The van der Waals surface area contributed by atoms with Gasteiger partial charge >= 0.3 is 0 Å². The number of hydrogen-bond donors (Lipinski definition) is 0. The molecule has 0 heterocycles. The van der Waals surface area contributed by atoms with Gasteiger partial charge in [0.25, 0.3) is 0 Å². The van der Waals surface area contributed by atoms with Crippen LogP contribution in [0.4, 0.5) is 0 Å². The van der Waals surface area contributed by atoms with Gasteiger partial charge in [0.1, 0.15) is 5.78 Å². The molecular formula is C35H44O2. The van der Waals surface area contributed by atoms with Gasteiger partial charge in [0.15, 0.2) is 0 Å². The molecule has 0 amide bonds. The lowest BCUT2D eigenvalue weighted by atomic mass is 9.45. The van der Waals surface area contributed by atoms with E-state index >= 15 is 0 Å². The van der Waals surface area contributed by atoms with Crippen molar-refractivity contribution in [3.63, 3.8) is 0 Å². The van der Waals surface area contributed by atoms with Crippen LogP contribution in [0.15, 0.2) is 72.3 Å². The number of allylic oxidation sites excluding steroid dienone is 1. The average molecular weight is 497 g/mol. The molecule has 2 nitrogen and oxygen atoms in total. The second-order valence-corrected chi connectivity index (χ2v) is 13.2. The summed E-state index contributed by atoms with van der Waals surface area (Å²) >= 11 is 0. The van der Waals surface area contributed by atoms with Gasteiger partial charge in [-0.15, -0.1) is 0 Å². The molecule has 0 aliphatic heterocycles. The molecule has 196 valence electrons. The fraction of sp³-hybridized carbons (Fsp3) is 0.571. The minimum absolute atomic E-state index is 0.105. The highest BCUT2D eigenvalue weighted by Gasteiger charge is 2.65. The second kappa shape index (κ2) is 9.53. The number of rotatable bonds is 6. The molecule has 2 aromatic carbocycles. The molecule has 7 atom stereocenters. The summed E-state index contributed by atoms with van der Waals surface area (Å²) in [5, 5.41) is 0. The third-order valence-electron chi connectivity index (χ3n) is 11.8. The van der Waals surface area contributed by atoms with Gasteiger partial charge in [-0.1, -0.05) is 86.2 Å². The lowest BCUT2D eigenvalue weighted by Gasteiger charge is -2.59. The summed E-state index contributed by atoms with van der Waals surface area (Å²) in [6, 6.07) is 21.4. The molecule has 37 heavy (non-hydrogen) atoms. The number of carbonyl (C=O) groups excluding carboxylic acids is 1. The van der Waals surface area contributed by atoms with Crippen LogP contribution < -0.4 is 0 Å². The lowest BCUT2D eigenvalue weighted by Crippen LogP contribution is -2.54. The van der Waals surface area contributed by atoms with Gasteiger partial charge < -0.3 is 4.74 Å². The summed E-state index contributed by atoms with van der Waals surface area (Å²) in [5.74, 6) is 2.54. The fourth-order valence-corrected chi connectivity index (χ4v) is 9.63. The van der Waals surface area contributed by atoms with Crippen molar-refractivity contribution >= 4 is 5.78 Å². The van der Waals surface area contributed by atoms with E-state index in [-0.39, 0.29) is 10.8 Å². The molecule has 0 aromatic heterocycles. The number of Topliss-reactive ketones (excluding diaryl/α,β-unsaturated/α-hetero) is 1. The highest BCUT2D eigenvalue weighted by molar-refractivity contribution is 5.84. The monoisotopic (exact) mass is 496 g/mol. The Bertz CT molecular complexity index is 1150. The third-order valence-corrected chi connectivity index (χ3v) is 11.8. The molecule has 0 bridgehead atoms. The predicted molar refractivity (Wildman–Crippen MR) is 150 cm³/mol. The van der Waals surface area contributed by atoms with E-state index in [4.69, 9.17) is 4.74 Å². The summed E-state index contributed by atoms with van der Waals surface area (Å²) in [7, 11) is 0. The van der Waals surface area contributed by atoms with E-state index in [0.717, 1.165) is 38.2 Å². The van der Waals surface area contributed by atoms with Crippen molar-refractivity contribution in [1.82, 2.24) is 0 Å². The number of fused-ring (bicyclic) bond motifs is 5. The number of hydrogen-bond acceptors (Lipinski definition) is 2. The maximum atomic E-state index is 13.5. The van der Waals surface area contributed by atoms with E-state index in [9.17, 15) is 4.79 Å². The van der Waals surface area contributed by atoms with Crippen LogP contribution in [-0.4, -0.2) is 11.9 Å². The molecule has 4 aliphatic carbocycles. The second-order valence-electron chi connectivity index (χ2n) is 13.2. The molecule has 0 saturated heterocycles. The van der Waals surface area contributed by atoms with Crippen LogP contribution in [0.3, 0.4) is 0 Å². The standard InChI is InChI=1S/C35H44O2/c1-25(36)35(23-26-10-6-4-7-11-26)21-18-32-30-15-14-28-22-29(37-24-27-12-8-5-9-13-27)16-19-33(28,2)31(30)17-20-34(32,35)3/h4-14,29-32H,15-24H2,1-3H3/t29-,30?,31?,32?,33-,34-,35?/m0/s1. The van der Waals surface area contributed by atoms with Gasteiger partial charge in [-0.2, -0.15) is 0 Å². The molecule has 0 N–H and O–H groups in total. The van der Waals surface area contributed by atoms with Crippen LogP contribution in [0, 0.1) is 34.0 Å². The molecule has 6 rings (SSSR count). The first kappa shape index (κ1) is 25.1. The quantitative estimate of drug-likeness (QED) is 0.376. The Balaban J connectivity index is 1.21. The van der Waals surface area contributed by atoms with Crippen LogP contribution >= 0.6 is 0 Å². The van der Waals surface area contributed by atoms with E-state index in [1.54, 1.807) is 5.57 Å². The lowest BCUT2D eigenvalue weighted by molar-refractivity contribution is -0.140. The van der Waals surface area contributed by atoms with Gasteiger partial charge in [0, 0.05) is 5.41 Å². The third kappa shape index (κ3) is 4.06. The van der Waals surface area contributed by atoms with Crippen molar-refractivity contribution < 1.29 is 9.53 Å². The Morgan fingerprint density at radius 3 is 2.24 bits per heavy atom. The van der Waals surface area contributed by atoms with Crippen molar-refractivity contribution in [2.45, 2.75) is 91.3 Å². The van der Waals surface area contributed by atoms with Crippen LogP contribution in [0.1, 0.15) is 83.3 Å². The molecule has 0 spiro atoms. The van der Waals surface area contributed by atoms with Crippen LogP contribution in [0.25, 0.3) is 0 Å². The van der Waals surface area contributed by atoms with Crippen LogP contribution in [0.2, 0.25) is 0 Å². The zero-order chi connectivity index (χ0) is 25.7. The Hall–Kier alpha value is -2.19. The first-order valence-corrected chi connectivity index (χ1v) is 14.8. The maximum Gasteiger partial charge on any atom is 0.136 e. The molecule has 3 saturated carbocycles. The summed E-state index contributed by atoms with van der Waals surface area (Å²) in [4.78, 5) is 13.5. The minimum atomic E-state index is -0.210. The summed E-state index contributed by atoms with van der Waals surface area (Å²) in [6.07, 6.45) is 13.3. The number of benzene rings is 2. The summed E-state index contributed by atoms with van der Waals surface area (Å²) < 4.78 is 6.42. The Morgan fingerprint density at radius 2 is 1.54 bits per heavy atom. The minimum Gasteiger partial charge on any atom is -0.373 e. The molecule has 3 fully saturated rings. The fourth-order valence-electron chi connectivity index (χ4n) is 9.63. The van der Waals surface area contributed by atoms with Gasteiger partial charge in [-0.05, 0) is 104 Å². The first-order valence-electron chi connectivity index (χ1n) is 14.8. The van der Waals surface area contributed by atoms with Crippen molar-refractivity contribution in [1.29, 1.82) is 0 Å². The predicted octanol–water partition coefficient (Wildman–Crippen LogP) is 8.35. The van der Waals surface area contributed by atoms with E-state index in [2.05, 4.69) is 80.6 Å². The highest BCUT2D eigenvalue weighted by atomic mass is 16.5. The normalized spacial score (nSPS) is 38.7. The Labute approximate surface area is 223 Å². The van der Waals surface area contributed by atoms with E-state index < -0.39 is 0 Å². The van der Waals surface area contributed by atoms with Gasteiger partial charge in [0.2, 0.25) is 0 Å². The molecule has 2 aromatic rings. The highest BCUT2D eigenvalue weighted by Crippen LogP contribution is 2.70. The van der Waals surface area contributed by atoms with Crippen molar-refractivity contribution in [2.75, 3.05) is 0 Å². The van der Waals surface area contributed by atoms with Crippen molar-refractivity contribution in [3.8, 4) is 0 Å². The molecule has 0 radical (unpaired) electrons. The van der Waals surface area contributed by atoms with Crippen molar-refractivity contribution in [2.24, 2.45) is 34.0 Å². The van der Waals surface area contributed by atoms with Crippen molar-refractivity contribution in [3.05, 3.63) is 83.4 Å². The van der Waals surface area contributed by atoms with E-state index in [1.165, 1.54) is 43.2 Å². The smallest absolute Gasteiger partial charge is 0.136 e. The molecule has 2 heteroatoms.